The monoisotopic (exact) mass is 2110 g/mol. The summed E-state index contributed by atoms with van der Waals surface area (Å²) >= 11 is 12.5. The van der Waals surface area contributed by atoms with Crippen molar-refractivity contribution in [1.82, 2.24) is 95.3 Å². The number of benzene rings is 5. The SMILES string of the molecule is N=C(N)NCCCC(NC(=O)[C@H](CS)NC(=O)C(Cc1ccccc1)NC(=O)[C@H](CCCCN)NC(=O)C(CC(N)=O)NC(=O)[C@H](CS)NC(=O)CNC(=O)[C@H](Cc1ccccc1)NC(=O)CNC(=O)[C@H](Cc1ccc(O)cc1)NC(=O)C(Cc1ccc(O)cc1)NC(=O)[C@H](Cc1ccc(O)cc1)NC(=O)C(CC(=O)O)NC(=O)[C@H](CC(=O)O)NC(=O)[C@@H](N)CS)C(=O)N1CCC[C@H]1C(=O)N[C@@H](CCCNC(=N)N)C(=O)O. The van der Waals surface area contributed by atoms with Crippen LogP contribution in [0.4, 0.5) is 0 Å². The maximum absolute atomic E-state index is 15.0. The quantitative estimate of drug-likeness (QED) is 0.00744. The Morgan fingerprint density at radius 2 is 0.660 bits per heavy atom. The largest absolute Gasteiger partial charge is 0.508 e. The lowest BCUT2D eigenvalue weighted by molar-refractivity contribution is -0.145. The number of carboxylic acids is 3. The summed E-state index contributed by atoms with van der Waals surface area (Å²) in [6, 6.07) is 7.24. The maximum Gasteiger partial charge on any atom is 0.326 e. The summed E-state index contributed by atoms with van der Waals surface area (Å²) in [4.78, 5) is 279. The van der Waals surface area contributed by atoms with Crippen LogP contribution < -0.4 is 119 Å². The van der Waals surface area contributed by atoms with E-state index in [4.69, 9.17) is 39.5 Å². The van der Waals surface area contributed by atoms with E-state index >= 15 is 0 Å². The van der Waals surface area contributed by atoms with Gasteiger partial charge in [0.25, 0.3) is 0 Å². The molecule has 54 heteroatoms. The molecule has 1 aliphatic rings. The van der Waals surface area contributed by atoms with E-state index in [2.05, 4.69) is 128 Å². The molecule has 0 aromatic heterocycles. The van der Waals surface area contributed by atoms with Crippen LogP contribution in [-0.2, 0) is 128 Å². The number of aliphatic carboxylic acids is 3. The van der Waals surface area contributed by atoms with Crippen LogP contribution >= 0.6 is 37.9 Å². The third kappa shape index (κ3) is 43.1. The molecule has 35 N–H and O–H groups in total. The molecule has 0 bridgehead atoms. The van der Waals surface area contributed by atoms with Crippen LogP contribution in [-0.4, -0.2) is 313 Å². The summed E-state index contributed by atoms with van der Waals surface area (Å²) < 4.78 is 0. The van der Waals surface area contributed by atoms with Gasteiger partial charge < -0.3 is 155 Å². The average molecular weight is 2110 g/mol. The number of rotatable bonds is 63. The Morgan fingerprint density at radius 1 is 0.347 bits per heavy atom. The van der Waals surface area contributed by atoms with E-state index < -0.39 is 278 Å². The molecule has 15 atom stereocenters. The number of phenolic OH excluding ortho intramolecular Hbond substituents is 3. The summed E-state index contributed by atoms with van der Waals surface area (Å²) in [5.41, 5.74) is 29.7. The molecule has 5 aromatic rings. The molecule has 1 heterocycles. The number of nitrogens with zero attached hydrogens (tertiary/aromatic N) is 1. The Labute approximate surface area is 859 Å². The third-order valence-electron chi connectivity index (χ3n) is 22.6. The first kappa shape index (κ1) is 120. The number of carbonyl (C=O) groups excluding carboxylic acids is 17. The van der Waals surface area contributed by atoms with Gasteiger partial charge >= 0.3 is 17.9 Å². The number of amides is 17. The minimum absolute atomic E-state index is 0.0136. The number of carboxylic acid groups (broad SMARTS) is 3. The molecule has 1 saturated heterocycles. The van der Waals surface area contributed by atoms with Gasteiger partial charge in [0, 0.05) is 69.0 Å². The van der Waals surface area contributed by atoms with Crippen molar-refractivity contribution in [3.63, 3.8) is 0 Å². The van der Waals surface area contributed by atoms with Crippen LogP contribution in [0, 0.1) is 10.8 Å². The van der Waals surface area contributed by atoms with Gasteiger partial charge in [0.05, 0.1) is 38.4 Å². The second kappa shape index (κ2) is 62.2. The van der Waals surface area contributed by atoms with Gasteiger partial charge in [-0.2, -0.15) is 37.9 Å². The molecule has 1 aliphatic heterocycles. The van der Waals surface area contributed by atoms with E-state index in [0.717, 1.165) is 0 Å². The Hall–Kier alpha value is -15.6. The van der Waals surface area contributed by atoms with Crippen molar-refractivity contribution < 1.29 is 127 Å². The van der Waals surface area contributed by atoms with Crippen molar-refractivity contribution in [1.29, 1.82) is 10.8 Å². The number of nitrogens with two attached hydrogens (primary N) is 5. The molecule has 147 heavy (non-hydrogen) atoms. The molecule has 6 rings (SSSR count). The number of likely N-dealkylation sites (tertiary alicyclic amines) is 1. The molecule has 17 amide bonds. The summed E-state index contributed by atoms with van der Waals surface area (Å²) in [5, 5.41) is 117. The summed E-state index contributed by atoms with van der Waals surface area (Å²) in [5.74, 6) is -25.6. The fourth-order valence-corrected chi connectivity index (χ4v) is 15.6. The molecule has 5 unspecified atom stereocenters. The minimum Gasteiger partial charge on any atom is -0.508 e. The minimum atomic E-state index is -2.11. The second-order valence-corrected chi connectivity index (χ2v) is 35.2. The molecular weight excluding hydrogens is 1980 g/mol. The number of unbranched alkanes of at least 4 members (excludes halogenated alkanes) is 1. The first-order valence-electron chi connectivity index (χ1n) is 46.5. The van der Waals surface area contributed by atoms with Crippen molar-refractivity contribution in [2.45, 2.75) is 200 Å². The van der Waals surface area contributed by atoms with Gasteiger partial charge in [-0.15, -0.1) is 0 Å². The number of carbonyl (C=O) groups is 20. The zero-order valence-corrected chi connectivity index (χ0v) is 82.5. The van der Waals surface area contributed by atoms with E-state index in [1.165, 1.54) is 77.7 Å². The fraction of sp³-hybridized carbons (Fsp3) is 0.441. The summed E-state index contributed by atoms with van der Waals surface area (Å²) in [6.07, 6.45) is -4.35. The molecule has 0 saturated carbocycles. The highest BCUT2D eigenvalue weighted by Gasteiger charge is 2.42. The highest BCUT2D eigenvalue weighted by Crippen LogP contribution is 2.23. The average Bonchev–Trinajstić information content (AvgIpc) is 1.71. The number of guanidine groups is 2. The van der Waals surface area contributed by atoms with E-state index in [1.807, 2.05) is 0 Å². The Kier molecular flexibility index (Phi) is 50.8. The molecular formula is C93H127N25O26S3. The van der Waals surface area contributed by atoms with E-state index in [9.17, 15) is 127 Å². The van der Waals surface area contributed by atoms with Gasteiger partial charge in [0.2, 0.25) is 100 Å². The first-order valence-corrected chi connectivity index (χ1v) is 48.4. The van der Waals surface area contributed by atoms with Crippen molar-refractivity contribution >= 4 is 168 Å². The predicted octanol–water partition coefficient (Wildman–Crippen LogP) is -7.48. The first-order chi connectivity index (χ1) is 69.9. The number of hydrogen-bond donors (Lipinski definition) is 33. The van der Waals surface area contributed by atoms with Gasteiger partial charge in [-0.1, -0.05) is 97.1 Å². The van der Waals surface area contributed by atoms with Crippen molar-refractivity contribution in [3.8, 4) is 17.2 Å². The molecule has 798 valence electrons. The van der Waals surface area contributed by atoms with Gasteiger partial charge in [-0.05, 0) is 129 Å². The summed E-state index contributed by atoms with van der Waals surface area (Å²) in [6.45, 7) is -1.58. The van der Waals surface area contributed by atoms with Crippen LogP contribution in [0.5, 0.6) is 17.2 Å². The van der Waals surface area contributed by atoms with Crippen LogP contribution in [0.2, 0.25) is 0 Å². The molecule has 5 aromatic carbocycles. The van der Waals surface area contributed by atoms with Crippen molar-refractivity contribution in [2.75, 3.05) is 56.5 Å². The number of nitrogens with one attached hydrogen (secondary N) is 19. The number of hydrogen-bond acceptors (Lipinski definition) is 30. The molecule has 0 radical (unpaired) electrons. The van der Waals surface area contributed by atoms with Crippen LogP contribution in [0.3, 0.4) is 0 Å². The number of thiol groups is 3. The Balaban J connectivity index is 1.17. The van der Waals surface area contributed by atoms with Gasteiger partial charge in [-0.25, -0.2) is 4.79 Å². The molecule has 51 nitrogen and oxygen atoms in total. The standard InChI is InChI=1S/C93H127N25O26S3/c94-32-8-7-16-58(80(132)112-63(37-50-14-5-2-6-15-50)83(135)117-70(48-147)88(140)108-59(17-9-33-101-92(97)98)90(142)118-35-11-19-71(118)89(141)109-60(91(143)144)18-10-34-102-93(99)100)107-84(136)66(41-72(96)122)115-87(139)69(47-146)106-74(124)45-103-78(130)61(36-49-12-3-1-4-13-49)105-73(123)44-104-79(131)62(38-51-20-26-54(119)27-21-51)111-81(133)64(39-52-22-28-55(120)29-23-52)113-82(134)65(40-53-24-30-56(121)31-25-53)114-86(138)68(43-76(127)128)116-85(137)67(42-75(125)126)110-77(129)57(95)46-145/h1-6,12-15,20-31,57-71,119-121,145-147H,7-11,16-19,32-48,94-95H2,(H2,96,122)(H,103,130)(H,104,131)(H,105,123)(H,106,124)(H,107,136)(H,108,140)(H,109,141)(H,110,129)(H,111,133)(H,112,132)(H,113,134)(H,114,138)(H,115,139)(H,116,137)(H,117,135)(H,125,126)(H,127,128)(H,143,144)(H4,97,98,101)(H4,99,100,102)/t57-,58-,59?,60-,61-,62-,63?,64?,65-,66?,67-,68?,69-,70-,71-/m0/s1. The lowest BCUT2D eigenvalue weighted by Gasteiger charge is -2.30. The molecule has 1 fully saturated rings. The fourth-order valence-electron chi connectivity index (χ4n) is 14.9. The van der Waals surface area contributed by atoms with Gasteiger partial charge in [0.1, 0.15) is 102 Å². The van der Waals surface area contributed by atoms with E-state index in [1.54, 1.807) is 60.7 Å². The van der Waals surface area contributed by atoms with Gasteiger partial charge in [0.15, 0.2) is 11.9 Å². The van der Waals surface area contributed by atoms with Crippen LogP contribution in [0.25, 0.3) is 0 Å². The number of phenols is 3. The van der Waals surface area contributed by atoms with Crippen LogP contribution in [0.1, 0.15) is 105 Å². The van der Waals surface area contributed by atoms with E-state index in [0.29, 0.717) is 17.5 Å². The summed E-state index contributed by atoms with van der Waals surface area (Å²) in [7, 11) is 0. The maximum atomic E-state index is 15.0. The van der Waals surface area contributed by atoms with Gasteiger partial charge in [-0.3, -0.25) is 102 Å². The normalized spacial score (nSPS) is 14.8. The third-order valence-corrected chi connectivity index (χ3v) is 23.7. The zero-order chi connectivity index (χ0) is 109. The van der Waals surface area contributed by atoms with Crippen LogP contribution in [0.15, 0.2) is 133 Å². The lowest BCUT2D eigenvalue weighted by atomic mass is 10.0. The van der Waals surface area contributed by atoms with Crippen molar-refractivity contribution in [3.05, 3.63) is 161 Å². The number of aromatic hydroxyl groups is 3. The highest BCUT2D eigenvalue weighted by atomic mass is 32.1. The number of primary amides is 1. The van der Waals surface area contributed by atoms with E-state index in [-0.39, 0.29) is 136 Å². The Morgan fingerprint density at radius 3 is 1.03 bits per heavy atom. The zero-order valence-electron chi connectivity index (χ0n) is 79.8. The predicted molar refractivity (Wildman–Crippen MR) is 538 cm³/mol. The topological polar surface area (TPSA) is 848 Å². The highest BCUT2D eigenvalue weighted by molar-refractivity contribution is 7.80. The smallest absolute Gasteiger partial charge is 0.326 e. The Bertz CT molecular complexity index is 5400. The second-order valence-electron chi connectivity index (χ2n) is 34.1. The molecule has 0 spiro atoms. The lowest BCUT2D eigenvalue weighted by Crippen LogP contribution is -2.61. The van der Waals surface area contributed by atoms with Crippen molar-refractivity contribution in [2.24, 2.45) is 28.7 Å². The molecule has 0 aliphatic carbocycles.